The molecule has 32 heavy (non-hydrogen) atoms. The van der Waals surface area contributed by atoms with Gasteiger partial charge in [-0.1, -0.05) is 53.9 Å². The van der Waals surface area contributed by atoms with E-state index in [0.717, 1.165) is 30.1 Å². The third-order valence-corrected chi connectivity index (χ3v) is 10.1. The van der Waals surface area contributed by atoms with Crippen molar-refractivity contribution in [2.24, 2.45) is 52.8 Å². The number of fused-ring (bicyclic) bond motifs is 3. The second-order valence-electron chi connectivity index (χ2n) is 11.4. The molecule has 8 unspecified atom stereocenters. The van der Waals surface area contributed by atoms with Gasteiger partial charge in [-0.3, -0.25) is 19.6 Å². The number of nitro groups is 1. The summed E-state index contributed by atoms with van der Waals surface area (Å²) in [5.74, 6) is 5.01. The van der Waals surface area contributed by atoms with Crippen LogP contribution in [0.4, 0.5) is 5.69 Å². The normalized spacial score (nSPS) is 41.2. The highest BCUT2D eigenvalue weighted by Gasteiger charge is 2.62. The number of nitrogens with zero attached hydrogens (tertiary/aromatic N) is 3. The molecule has 1 aromatic heterocycles. The van der Waals surface area contributed by atoms with Crippen LogP contribution in [0.5, 0.6) is 0 Å². The molecule has 4 rings (SSSR count). The van der Waals surface area contributed by atoms with E-state index < -0.39 is 4.92 Å². The maximum Gasteiger partial charge on any atom is 0.307 e. The molecular formula is C26H41N3O3. The van der Waals surface area contributed by atoms with Gasteiger partial charge in [0.1, 0.15) is 18.9 Å². The highest BCUT2D eigenvalue weighted by molar-refractivity contribution is 5.82. The van der Waals surface area contributed by atoms with Crippen LogP contribution >= 0.6 is 0 Å². The molecule has 3 aliphatic rings. The molecule has 3 saturated carbocycles. The Balaban J connectivity index is 1.58. The zero-order chi connectivity index (χ0) is 23.2. The minimum atomic E-state index is -0.452. The Labute approximate surface area is 192 Å². The second kappa shape index (κ2) is 8.90. The van der Waals surface area contributed by atoms with Crippen molar-refractivity contribution < 1.29 is 9.72 Å². The molecule has 0 N–H and O–H groups in total. The van der Waals surface area contributed by atoms with E-state index in [1.165, 1.54) is 55.6 Å². The molecule has 178 valence electrons. The average molecular weight is 444 g/mol. The highest BCUT2D eigenvalue weighted by Crippen LogP contribution is 2.67. The van der Waals surface area contributed by atoms with Gasteiger partial charge in [0.15, 0.2) is 5.78 Å². The van der Waals surface area contributed by atoms with Gasteiger partial charge in [0.2, 0.25) is 0 Å². The zero-order valence-corrected chi connectivity index (χ0v) is 20.5. The summed E-state index contributed by atoms with van der Waals surface area (Å²) >= 11 is 0. The Hall–Kier alpha value is -1.72. The van der Waals surface area contributed by atoms with E-state index in [0.29, 0.717) is 17.8 Å². The van der Waals surface area contributed by atoms with E-state index in [4.69, 9.17) is 0 Å². The summed E-state index contributed by atoms with van der Waals surface area (Å²) in [5, 5.41) is 15.1. The van der Waals surface area contributed by atoms with Crippen molar-refractivity contribution in [1.29, 1.82) is 0 Å². The standard InChI is InChI=1S/C26H41N3O3/c1-6-8-20-18(7-2)9-10-22-21(20)11-12-26(5)24(22)16(3)17(4)25(26)23(30)15-28-14-19(13-27-28)29(31)32/h13-14,16-18,20-22,24-25H,6-12,15H2,1-5H3/t16-,17?,18?,20?,21?,22?,24?,25?,26?/m1/s1. The molecule has 0 aromatic carbocycles. The van der Waals surface area contributed by atoms with Crippen molar-refractivity contribution in [3.05, 3.63) is 22.5 Å². The van der Waals surface area contributed by atoms with Crippen LogP contribution in [0.2, 0.25) is 0 Å². The molecule has 1 heterocycles. The Morgan fingerprint density at radius 2 is 1.97 bits per heavy atom. The number of rotatable bonds is 7. The van der Waals surface area contributed by atoms with Gasteiger partial charge in [0.05, 0.1) is 4.92 Å². The fourth-order valence-electron chi connectivity index (χ4n) is 8.84. The summed E-state index contributed by atoms with van der Waals surface area (Å²) in [6, 6.07) is 0. The van der Waals surface area contributed by atoms with Crippen molar-refractivity contribution >= 4 is 11.5 Å². The van der Waals surface area contributed by atoms with Crippen LogP contribution in [0.3, 0.4) is 0 Å². The molecule has 0 radical (unpaired) electrons. The predicted molar refractivity (Wildman–Crippen MR) is 125 cm³/mol. The number of hydrogen-bond acceptors (Lipinski definition) is 4. The Morgan fingerprint density at radius 1 is 1.22 bits per heavy atom. The van der Waals surface area contributed by atoms with E-state index in [1.807, 2.05) is 0 Å². The fourth-order valence-corrected chi connectivity index (χ4v) is 8.84. The quantitative estimate of drug-likeness (QED) is 0.374. The van der Waals surface area contributed by atoms with E-state index in [9.17, 15) is 14.9 Å². The number of Topliss-reactive ketones (excluding diaryl/α,β-unsaturated/α-hetero) is 1. The lowest BCUT2D eigenvalue weighted by Crippen LogP contribution is -2.49. The number of carbonyl (C=O) groups excluding carboxylic acids is 1. The van der Waals surface area contributed by atoms with Crippen molar-refractivity contribution in [2.45, 2.75) is 86.1 Å². The minimum absolute atomic E-state index is 0.0141. The molecule has 0 spiro atoms. The van der Waals surface area contributed by atoms with Gasteiger partial charge in [0, 0.05) is 5.92 Å². The zero-order valence-electron chi connectivity index (χ0n) is 20.5. The summed E-state index contributed by atoms with van der Waals surface area (Å²) < 4.78 is 1.46. The lowest BCUT2D eigenvalue weighted by atomic mass is 9.49. The van der Waals surface area contributed by atoms with Gasteiger partial charge in [-0.25, -0.2) is 0 Å². The predicted octanol–water partition coefficient (Wildman–Crippen LogP) is 6.15. The summed E-state index contributed by atoms with van der Waals surface area (Å²) in [6.45, 7) is 11.9. The maximum atomic E-state index is 13.6. The van der Waals surface area contributed by atoms with Crippen LogP contribution in [-0.2, 0) is 11.3 Å². The Morgan fingerprint density at radius 3 is 2.59 bits per heavy atom. The highest BCUT2D eigenvalue weighted by atomic mass is 16.6. The first-order valence-electron chi connectivity index (χ1n) is 12.9. The summed E-state index contributed by atoms with van der Waals surface area (Å²) in [4.78, 5) is 24.2. The van der Waals surface area contributed by atoms with Crippen molar-refractivity contribution in [3.63, 3.8) is 0 Å². The molecule has 0 saturated heterocycles. The molecule has 9 atom stereocenters. The summed E-state index contributed by atoms with van der Waals surface area (Å²) in [5.41, 5.74) is -0.0173. The van der Waals surface area contributed by atoms with Crippen molar-refractivity contribution in [1.82, 2.24) is 9.78 Å². The topological polar surface area (TPSA) is 78.0 Å². The summed E-state index contributed by atoms with van der Waals surface area (Å²) in [7, 11) is 0. The van der Waals surface area contributed by atoms with Crippen LogP contribution < -0.4 is 0 Å². The average Bonchev–Trinajstić information content (AvgIpc) is 3.29. The van der Waals surface area contributed by atoms with Gasteiger partial charge >= 0.3 is 5.69 Å². The van der Waals surface area contributed by atoms with Gasteiger partial charge in [0.25, 0.3) is 0 Å². The molecule has 6 nitrogen and oxygen atoms in total. The first-order valence-corrected chi connectivity index (χ1v) is 12.9. The maximum absolute atomic E-state index is 13.6. The molecule has 0 amide bonds. The first kappa shape index (κ1) is 23.4. The number of hydrogen-bond donors (Lipinski definition) is 0. The van der Waals surface area contributed by atoms with Gasteiger partial charge in [-0.05, 0) is 72.5 Å². The SMILES string of the molecule is CCCC1C(CC)CCC2C1CCC1(C)C(C(=O)Cn3cc([N+](=O)[O-])cn3)C(C)[C@@H](C)C21. The van der Waals surface area contributed by atoms with Gasteiger partial charge in [-0.2, -0.15) is 5.10 Å². The molecule has 1 aromatic rings. The van der Waals surface area contributed by atoms with Crippen LogP contribution in [0.25, 0.3) is 0 Å². The largest absolute Gasteiger partial charge is 0.307 e. The van der Waals surface area contributed by atoms with Crippen molar-refractivity contribution in [3.8, 4) is 0 Å². The van der Waals surface area contributed by atoms with Crippen LogP contribution in [0.1, 0.15) is 79.6 Å². The molecule has 0 bridgehead atoms. The molecular weight excluding hydrogens is 402 g/mol. The van der Waals surface area contributed by atoms with E-state index in [1.54, 1.807) is 0 Å². The van der Waals surface area contributed by atoms with Crippen molar-refractivity contribution in [2.75, 3.05) is 0 Å². The number of ketones is 1. The van der Waals surface area contributed by atoms with E-state index in [2.05, 4.69) is 39.7 Å². The van der Waals surface area contributed by atoms with Gasteiger partial charge in [-0.15, -0.1) is 0 Å². The third-order valence-electron chi connectivity index (χ3n) is 10.1. The summed E-state index contributed by atoms with van der Waals surface area (Å²) in [6.07, 6.45) is 11.6. The monoisotopic (exact) mass is 443 g/mol. The van der Waals surface area contributed by atoms with Crippen LogP contribution in [0.15, 0.2) is 12.4 Å². The lowest BCUT2D eigenvalue weighted by molar-refractivity contribution is -0.385. The van der Waals surface area contributed by atoms with Crippen LogP contribution in [0, 0.1) is 62.9 Å². The molecule has 6 heteroatoms. The second-order valence-corrected chi connectivity index (χ2v) is 11.4. The first-order chi connectivity index (χ1) is 15.2. The number of aromatic nitrogens is 2. The molecule has 3 aliphatic carbocycles. The minimum Gasteiger partial charge on any atom is -0.297 e. The lowest BCUT2D eigenvalue weighted by Gasteiger charge is -2.55. The van der Waals surface area contributed by atoms with E-state index in [-0.39, 0.29) is 29.3 Å². The molecule has 0 aliphatic heterocycles. The third kappa shape index (κ3) is 3.71. The van der Waals surface area contributed by atoms with Gasteiger partial charge < -0.3 is 0 Å². The van der Waals surface area contributed by atoms with E-state index >= 15 is 0 Å². The van der Waals surface area contributed by atoms with Crippen LogP contribution in [-0.4, -0.2) is 20.5 Å². The number of carbonyl (C=O) groups is 1. The Bertz CT molecular complexity index is 851. The smallest absolute Gasteiger partial charge is 0.297 e. The fraction of sp³-hybridized carbons (Fsp3) is 0.846. The molecule has 3 fully saturated rings. The Kier molecular flexibility index (Phi) is 6.52.